The van der Waals surface area contributed by atoms with Gasteiger partial charge in [-0.3, -0.25) is 9.69 Å². The van der Waals surface area contributed by atoms with Gasteiger partial charge in [-0.1, -0.05) is 30.3 Å². The fourth-order valence-corrected chi connectivity index (χ4v) is 2.52. The van der Waals surface area contributed by atoms with Crippen LogP contribution in [0.4, 0.5) is 0 Å². The molecular formula is C15H22N2O2. The Kier molecular flexibility index (Phi) is 4.93. The molecule has 1 aliphatic rings. The van der Waals surface area contributed by atoms with Gasteiger partial charge in [0.15, 0.2) is 0 Å². The van der Waals surface area contributed by atoms with Gasteiger partial charge in [-0.2, -0.15) is 0 Å². The highest BCUT2D eigenvalue weighted by atomic mass is 16.3. The second-order valence-electron chi connectivity index (χ2n) is 5.09. The van der Waals surface area contributed by atoms with Crippen LogP contribution in [0.3, 0.4) is 0 Å². The number of amides is 1. The Balaban J connectivity index is 1.97. The molecular weight excluding hydrogens is 240 g/mol. The van der Waals surface area contributed by atoms with Gasteiger partial charge < -0.3 is 10.0 Å². The van der Waals surface area contributed by atoms with Crippen LogP contribution in [0.2, 0.25) is 0 Å². The average Bonchev–Trinajstić information content (AvgIpc) is 2.56. The molecule has 1 saturated heterocycles. The van der Waals surface area contributed by atoms with Gasteiger partial charge in [-0.15, -0.1) is 0 Å². The molecule has 0 aliphatic carbocycles. The van der Waals surface area contributed by atoms with E-state index in [0.29, 0.717) is 0 Å². The highest BCUT2D eigenvalue weighted by Gasteiger charge is 2.29. The lowest BCUT2D eigenvalue weighted by molar-refractivity contribution is -0.136. The maximum Gasteiger partial charge on any atom is 0.242 e. The summed E-state index contributed by atoms with van der Waals surface area (Å²) in [6.45, 7) is 2.27. The number of hydrogen-bond acceptors (Lipinski definition) is 3. The largest absolute Gasteiger partial charge is 0.394 e. The molecule has 1 atom stereocenters. The second kappa shape index (κ2) is 6.68. The third-order valence-corrected chi connectivity index (χ3v) is 3.75. The number of likely N-dealkylation sites (N-methyl/N-ethyl adjacent to an activating group) is 1. The van der Waals surface area contributed by atoms with E-state index in [1.807, 2.05) is 35.0 Å². The number of carbonyl (C=O) groups excluding carboxylic acids is 1. The van der Waals surface area contributed by atoms with E-state index in [4.69, 9.17) is 0 Å². The van der Waals surface area contributed by atoms with Crippen molar-refractivity contribution in [3.63, 3.8) is 0 Å². The lowest BCUT2D eigenvalue weighted by Gasteiger charge is -2.26. The fourth-order valence-electron chi connectivity index (χ4n) is 2.52. The van der Waals surface area contributed by atoms with E-state index in [9.17, 15) is 9.90 Å². The van der Waals surface area contributed by atoms with Crippen LogP contribution in [0.25, 0.3) is 0 Å². The van der Waals surface area contributed by atoms with Crippen molar-refractivity contribution in [2.45, 2.75) is 18.9 Å². The van der Waals surface area contributed by atoms with Gasteiger partial charge in [0.05, 0.1) is 6.61 Å². The van der Waals surface area contributed by atoms with Crippen LogP contribution in [-0.2, 0) is 11.2 Å². The van der Waals surface area contributed by atoms with Crippen molar-refractivity contribution in [2.75, 3.05) is 33.3 Å². The molecule has 0 radical (unpaired) electrons. The molecule has 19 heavy (non-hydrogen) atoms. The Labute approximate surface area is 114 Å². The smallest absolute Gasteiger partial charge is 0.242 e. The molecule has 1 aliphatic heterocycles. The molecule has 0 spiro atoms. The molecule has 2 rings (SSSR count). The Hall–Kier alpha value is -1.39. The van der Waals surface area contributed by atoms with Gasteiger partial charge in [0, 0.05) is 19.6 Å². The zero-order valence-electron chi connectivity index (χ0n) is 11.5. The summed E-state index contributed by atoms with van der Waals surface area (Å²) in [5.41, 5.74) is 1.24. The van der Waals surface area contributed by atoms with Crippen LogP contribution in [0.15, 0.2) is 30.3 Å². The molecule has 1 aromatic carbocycles. The minimum Gasteiger partial charge on any atom is -0.394 e. The summed E-state index contributed by atoms with van der Waals surface area (Å²) in [6, 6.07) is 9.82. The Morgan fingerprint density at radius 1 is 1.26 bits per heavy atom. The standard InChI is InChI=1S/C15H22N2O2/c1-16-9-5-10-17(15(19)14(16)12-18)11-8-13-6-3-2-4-7-13/h2-4,6-7,14,18H,5,8-12H2,1H3. The predicted octanol–water partition coefficient (Wildman–Crippen LogP) is 0.754. The molecule has 1 amide bonds. The molecule has 4 heteroatoms. The van der Waals surface area contributed by atoms with E-state index in [1.165, 1.54) is 5.56 Å². The van der Waals surface area contributed by atoms with Crippen LogP contribution < -0.4 is 0 Å². The molecule has 0 bridgehead atoms. The third kappa shape index (κ3) is 3.55. The maximum atomic E-state index is 12.3. The van der Waals surface area contributed by atoms with Crippen molar-refractivity contribution in [3.05, 3.63) is 35.9 Å². The predicted molar refractivity (Wildman–Crippen MR) is 74.8 cm³/mol. The molecule has 0 saturated carbocycles. The lowest BCUT2D eigenvalue weighted by Crippen LogP contribution is -2.47. The van der Waals surface area contributed by atoms with Crippen LogP contribution in [0.5, 0.6) is 0 Å². The summed E-state index contributed by atoms with van der Waals surface area (Å²) < 4.78 is 0. The van der Waals surface area contributed by atoms with Gasteiger partial charge in [0.1, 0.15) is 6.04 Å². The van der Waals surface area contributed by atoms with Crippen molar-refractivity contribution in [3.8, 4) is 0 Å². The van der Waals surface area contributed by atoms with Gasteiger partial charge in [0.2, 0.25) is 5.91 Å². The molecule has 1 aromatic rings. The zero-order chi connectivity index (χ0) is 13.7. The van der Waals surface area contributed by atoms with Crippen LogP contribution in [-0.4, -0.2) is 60.1 Å². The number of aliphatic hydroxyl groups excluding tert-OH is 1. The first kappa shape index (κ1) is 14.0. The molecule has 1 heterocycles. The van der Waals surface area contributed by atoms with Gasteiger partial charge >= 0.3 is 0 Å². The maximum absolute atomic E-state index is 12.3. The SMILES string of the molecule is CN1CCCN(CCc2ccccc2)C(=O)C1CO. The topological polar surface area (TPSA) is 43.8 Å². The minimum atomic E-state index is -0.377. The van der Waals surface area contributed by atoms with E-state index in [-0.39, 0.29) is 18.6 Å². The highest BCUT2D eigenvalue weighted by molar-refractivity contribution is 5.82. The Morgan fingerprint density at radius 3 is 2.68 bits per heavy atom. The number of benzene rings is 1. The summed E-state index contributed by atoms with van der Waals surface area (Å²) >= 11 is 0. The molecule has 4 nitrogen and oxygen atoms in total. The van der Waals surface area contributed by atoms with E-state index < -0.39 is 0 Å². The van der Waals surface area contributed by atoms with E-state index >= 15 is 0 Å². The third-order valence-electron chi connectivity index (χ3n) is 3.75. The molecule has 1 N–H and O–H groups in total. The summed E-state index contributed by atoms with van der Waals surface area (Å²) in [5, 5.41) is 9.37. The van der Waals surface area contributed by atoms with Gasteiger partial charge in [-0.25, -0.2) is 0 Å². The van der Waals surface area contributed by atoms with Crippen molar-refractivity contribution >= 4 is 5.91 Å². The first-order valence-corrected chi connectivity index (χ1v) is 6.86. The monoisotopic (exact) mass is 262 g/mol. The minimum absolute atomic E-state index is 0.0541. The zero-order valence-corrected chi connectivity index (χ0v) is 11.5. The fraction of sp³-hybridized carbons (Fsp3) is 0.533. The van der Waals surface area contributed by atoms with E-state index in [0.717, 1.165) is 32.5 Å². The van der Waals surface area contributed by atoms with E-state index in [1.54, 1.807) is 0 Å². The lowest BCUT2D eigenvalue weighted by atomic mass is 10.1. The molecule has 1 fully saturated rings. The van der Waals surface area contributed by atoms with Crippen LogP contribution >= 0.6 is 0 Å². The van der Waals surface area contributed by atoms with Crippen molar-refractivity contribution in [1.29, 1.82) is 0 Å². The normalized spacial score (nSPS) is 21.5. The highest BCUT2D eigenvalue weighted by Crippen LogP contribution is 2.11. The molecule has 104 valence electrons. The molecule has 0 aromatic heterocycles. The summed E-state index contributed by atoms with van der Waals surface area (Å²) in [7, 11) is 1.90. The van der Waals surface area contributed by atoms with E-state index in [2.05, 4.69) is 12.1 Å². The second-order valence-corrected chi connectivity index (χ2v) is 5.09. The summed E-state index contributed by atoms with van der Waals surface area (Å²) in [4.78, 5) is 16.2. The number of carbonyl (C=O) groups is 1. The number of aliphatic hydroxyl groups is 1. The van der Waals surface area contributed by atoms with Crippen LogP contribution in [0.1, 0.15) is 12.0 Å². The van der Waals surface area contributed by atoms with Crippen molar-refractivity contribution in [1.82, 2.24) is 9.80 Å². The first-order chi connectivity index (χ1) is 9.22. The van der Waals surface area contributed by atoms with Gasteiger partial charge in [-0.05, 0) is 25.5 Å². The number of nitrogens with zero attached hydrogens (tertiary/aromatic N) is 2. The Morgan fingerprint density at radius 2 is 2.00 bits per heavy atom. The van der Waals surface area contributed by atoms with Crippen LogP contribution in [0, 0.1) is 0 Å². The van der Waals surface area contributed by atoms with Crippen molar-refractivity contribution < 1.29 is 9.90 Å². The quantitative estimate of drug-likeness (QED) is 0.871. The summed E-state index contributed by atoms with van der Waals surface area (Å²) in [6.07, 6.45) is 1.84. The first-order valence-electron chi connectivity index (χ1n) is 6.86. The number of rotatable bonds is 4. The van der Waals surface area contributed by atoms with Gasteiger partial charge in [0.25, 0.3) is 0 Å². The Bertz CT molecular complexity index is 408. The number of hydrogen-bond donors (Lipinski definition) is 1. The summed E-state index contributed by atoms with van der Waals surface area (Å²) in [5.74, 6) is 0.0541. The average molecular weight is 262 g/mol. The molecule has 1 unspecified atom stereocenters. The van der Waals surface area contributed by atoms with Crippen molar-refractivity contribution in [2.24, 2.45) is 0 Å².